The number of halogens is 1. The molecular weight excluding hydrogens is 401 g/mol. The maximum Gasteiger partial charge on any atom is 0.294 e. The summed E-state index contributed by atoms with van der Waals surface area (Å²) in [4.78, 5) is 38.5. The summed E-state index contributed by atoms with van der Waals surface area (Å²) < 4.78 is 15.1. The zero-order valence-corrected chi connectivity index (χ0v) is 17.9. The Labute approximate surface area is 179 Å². The van der Waals surface area contributed by atoms with Crippen molar-refractivity contribution < 1.29 is 18.8 Å². The Hall–Kier alpha value is -3.51. The van der Waals surface area contributed by atoms with E-state index in [4.69, 9.17) is 5.26 Å². The van der Waals surface area contributed by atoms with E-state index in [1.54, 1.807) is 27.0 Å². The fraction of sp³-hybridized carbons (Fsp3) is 0.364. The number of nitriles is 1. The topological polar surface area (TPSA) is 116 Å². The van der Waals surface area contributed by atoms with Crippen LogP contribution < -0.4 is 16.0 Å². The second-order valence-electron chi connectivity index (χ2n) is 8.02. The van der Waals surface area contributed by atoms with E-state index in [9.17, 15) is 18.8 Å². The number of hydrogen-bond donors (Lipinski definition) is 3. The molecule has 9 heteroatoms. The fourth-order valence-electron chi connectivity index (χ4n) is 3.88. The van der Waals surface area contributed by atoms with Crippen molar-refractivity contribution in [2.24, 2.45) is 7.05 Å². The Morgan fingerprint density at radius 1 is 1.29 bits per heavy atom. The van der Waals surface area contributed by atoms with E-state index in [-0.39, 0.29) is 22.5 Å². The summed E-state index contributed by atoms with van der Waals surface area (Å²) in [6.45, 7) is 6.48. The predicted molar refractivity (Wildman–Crippen MR) is 112 cm³/mol. The number of carbonyl (C=O) groups is 3. The molecule has 162 valence electrons. The highest BCUT2D eigenvalue weighted by molar-refractivity contribution is 6.43. The maximum absolute atomic E-state index is 13.5. The fourth-order valence-corrected chi connectivity index (χ4v) is 3.88. The standard InChI is InChI=1S/C22H24FN5O3/c1-12-17(20(30)26-15-5-6-16(23)14(9-15)10-24)13(2)28(4)18(12)19(29)21(31)27-22(3)7-8-25-11-22/h5-6,9,25H,7-8,11H2,1-4H3,(H,26,30)(H,27,31). The second-order valence-corrected chi connectivity index (χ2v) is 8.02. The number of ketones is 1. The first-order valence-electron chi connectivity index (χ1n) is 9.82. The molecule has 31 heavy (non-hydrogen) atoms. The molecule has 1 aliphatic rings. The number of Topliss-reactive ketones (excluding diaryl/α,β-unsaturated/α-hetero) is 1. The van der Waals surface area contributed by atoms with Crippen molar-refractivity contribution >= 4 is 23.3 Å². The minimum absolute atomic E-state index is 0.131. The third-order valence-electron chi connectivity index (χ3n) is 5.71. The van der Waals surface area contributed by atoms with E-state index in [0.717, 1.165) is 12.6 Å². The van der Waals surface area contributed by atoms with Crippen molar-refractivity contribution in [2.75, 3.05) is 18.4 Å². The van der Waals surface area contributed by atoms with Crippen molar-refractivity contribution in [3.05, 3.63) is 52.1 Å². The number of hydrogen-bond acceptors (Lipinski definition) is 5. The minimum atomic E-state index is -0.723. The third-order valence-corrected chi connectivity index (χ3v) is 5.71. The zero-order chi connectivity index (χ0) is 22.9. The molecule has 2 amide bonds. The lowest BCUT2D eigenvalue weighted by molar-refractivity contribution is -0.118. The molecule has 2 aromatic rings. The first kappa shape index (κ1) is 22.2. The maximum atomic E-state index is 13.5. The molecule has 1 saturated heterocycles. The normalized spacial score (nSPS) is 17.8. The Morgan fingerprint density at radius 2 is 2.00 bits per heavy atom. The van der Waals surface area contributed by atoms with Crippen molar-refractivity contribution in [1.29, 1.82) is 5.26 Å². The van der Waals surface area contributed by atoms with Crippen LogP contribution in [0.1, 0.15) is 51.0 Å². The number of benzene rings is 1. The van der Waals surface area contributed by atoms with Gasteiger partial charge in [0, 0.05) is 25.0 Å². The van der Waals surface area contributed by atoms with Gasteiger partial charge in [0.25, 0.3) is 17.6 Å². The van der Waals surface area contributed by atoms with Gasteiger partial charge >= 0.3 is 0 Å². The summed E-state index contributed by atoms with van der Waals surface area (Å²) >= 11 is 0. The molecule has 0 saturated carbocycles. The monoisotopic (exact) mass is 425 g/mol. The van der Waals surface area contributed by atoms with Gasteiger partial charge in [-0.05, 0) is 57.5 Å². The zero-order valence-electron chi connectivity index (χ0n) is 17.9. The summed E-state index contributed by atoms with van der Waals surface area (Å²) in [6, 6.07) is 5.39. The average molecular weight is 425 g/mol. The highest BCUT2D eigenvalue weighted by atomic mass is 19.1. The van der Waals surface area contributed by atoms with Gasteiger partial charge in [-0.1, -0.05) is 0 Å². The summed E-state index contributed by atoms with van der Waals surface area (Å²) in [7, 11) is 1.62. The van der Waals surface area contributed by atoms with Crippen LogP contribution in [-0.4, -0.2) is 40.8 Å². The van der Waals surface area contributed by atoms with Crippen LogP contribution >= 0.6 is 0 Å². The van der Waals surface area contributed by atoms with Gasteiger partial charge in [-0.25, -0.2) is 4.39 Å². The highest BCUT2D eigenvalue weighted by Gasteiger charge is 2.34. The van der Waals surface area contributed by atoms with Gasteiger partial charge in [0.2, 0.25) is 0 Å². The summed E-state index contributed by atoms with van der Waals surface area (Å²) in [5.41, 5.74) is 0.807. The van der Waals surface area contributed by atoms with Gasteiger partial charge in [-0.2, -0.15) is 5.26 Å². The van der Waals surface area contributed by atoms with Gasteiger partial charge in [0.1, 0.15) is 11.9 Å². The smallest absolute Gasteiger partial charge is 0.294 e. The molecule has 2 heterocycles. The number of nitrogens with one attached hydrogen (secondary N) is 3. The number of rotatable bonds is 5. The van der Waals surface area contributed by atoms with Gasteiger partial charge in [-0.15, -0.1) is 0 Å². The highest BCUT2D eigenvalue weighted by Crippen LogP contribution is 2.24. The third kappa shape index (κ3) is 4.20. The predicted octanol–water partition coefficient (Wildman–Crippen LogP) is 1.96. The molecule has 0 radical (unpaired) electrons. The molecule has 3 N–H and O–H groups in total. The van der Waals surface area contributed by atoms with Crippen molar-refractivity contribution in [3.8, 4) is 6.07 Å². The summed E-state index contributed by atoms with van der Waals surface area (Å²) in [5.74, 6) is -2.65. The number of anilines is 1. The van der Waals surface area contributed by atoms with E-state index in [2.05, 4.69) is 16.0 Å². The lowest BCUT2D eigenvalue weighted by Crippen LogP contribution is -2.50. The van der Waals surface area contributed by atoms with Crippen molar-refractivity contribution in [3.63, 3.8) is 0 Å². The lowest BCUT2D eigenvalue weighted by Gasteiger charge is -2.24. The first-order valence-corrected chi connectivity index (χ1v) is 9.82. The largest absolute Gasteiger partial charge is 0.344 e. The van der Waals surface area contributed by atoms with Crippen molar-refractivity contribution in [2.45, 2.75) is 32.7 Å². The molecule has 1 aromatic carbocycles. The van der Waals surface area contributed by atoms with Gasteiger partial charge in [-0.3, -0.25) is 14.4 Å². The molecule has 0 bridgehead atoms. The number of carbonyl (C=O) groups excluding carboxylic acids is 3. The molecule has 0 aliphatic carbocycles. The number of aromatic nitrogens is 1. The lowest BCUT2D eigenvalue weighted by atomic mass is 10.0. The SMILES string of the molecule is Cc1c(C(=O)Nc2ccc(F)c(C#N)c2)c(C)n(C)c1C(=O)C(=O)NC1(C)CCNC1. The van der Waals surface area contributed by atoms with Crippen LogP contribution in [0, 0.1) is 31.0 Å². The van der Waals surface area contributed by atoms with E-state index >= 15 is 0 Å². The number of amides is 2. The molecule has 3 rings (SSSR count). The molecule has 0 spiro atoms. The summed E-state index contributed by atoms with van der Waals surface area (Å²) in [5, 5.41) is 17.5. The Morgan fingerprint density at radius 3 is 2.61 bits per heavy atom. The van der Waals surface area contributed by atoms with Gasteiger partial charge in [0.05, 0.1) is 22.4 Å². The molecular formula is C22H24FN5O3. The summed E-state index contributed by atoms with van der Waals surface area (Å²) in [6.07, 6.45) is 0.715. The van der Waals surface area contributed by atoms with Crippen LogP contribution in [0.2, 0.25) is 0 Å². The quantitative estimate of drug-likeness (QED) is 0.500. The van der Waals surface area contributed by atoms with E-state index in [0.29, 0.717) is 24.2 Å². The Balaban J connectivity index is 1.87. The van der Waals surface area contributed by atoms with E-state index in [1.807, 2.05) is 6.92 Å². The van der Waals surface area contributed by atoms with Crippen LogP contribution in [0.3, 0.4) is 0 Å². The Kier molecular flexibility index (Phi) is 5.95. The van der Waals surface area contributed by atoms with Crippen LogP contribution in [0.15, 0.2) is 18.2 Å². The van der Waals surface area contributed by atoms with Crippen molar-refractivity contribution in [1.82, 2.24) is 15.2 Å². The molecule has 8 nitrogen and oxygen atoms in total. The first-order chi connectivity index (χ1) is 14.6. The van der Waals surface area contributed by atoms with Gasteiger partial charge < -0.3 is 20.5 Å². The van der Waals surface area contributed by atoms with Gasteiger partial charge in [0.15, 0.2) is 0 Å². The molecule has 1 aromatic heterocycles. The Bertz CT molecular complexity index is 1120. The van der Waals surface area contributed by atoms with Crippen LogP contribution in [0.4, 0.5) is 10.1 Å². The number of nitrogens with zero attached hydrogens (tertiary/aromatic N) is 2. The van der Waals surface area contributed by atoms with Crippen LogP contribution in [-0.2, 0) is 11.8 Å². The van der Waals surface area contributed by atoms with Crippen LogP contribution in [0.5, 0.6) is 0 Å². The average Bonchev–Trinajstić information content (AvgIpc) is 3.23. The minimum Gasteiger partial charge on any atom is -0.344 e. The molecule has 1 fully saturated rings. The van der Waals surface area contributed by atoms with Crippen LogP contribution in [0.25, 0.3) is 0 Å². The molecule has 1 atom stereocenters. The van der Waals surface area contributed by atoms with E-state index < -0.39 is 29.0 Å². The second kappa shape index (κ2) is 8.32. The molecule has 1 unspecified atom stereocenters. The van der Waals surface area contributed by atoms with E-state index in [1.165, 1.54) is 16.7 Å². The molecule has 1 aliphatic heterocycles.